The number of fused-ring (bicyclic) bond motifs is 1. The molecule has 11 heteroatoms. The zero-order valence-corrected chi connectivity index (χ0v) is 15.9. The number of ether oxygens (including phenoxy) is 1. The van der Waals surface area contributed by atoms with Crippen LogP contribution in [0, 0.1) is 0 Å². The molecule has 0 saturated carbocycles. The molecular weight excluding hydrogens is 421 g/mol. The number of sulfonamides is 1. The summed E-state index contributed by atoms with van der Waals surface area (Å²) in [5, 5.41) is 2.72. The molecular formula is C17H14ClF3N2O4S. The lowest BCUT2D eigenvalue weighted by molar-refractivity contribution is -0.137. The fourth-order valence-corrected chi connectivity index (χ4v) is 3.71. The molecule has 1 amide bonds. The first-order chi connectivity index (χ1) is 12.9. The Hall–Kier alpha value is -2.46. The molecule has 28 heavy (non-hydrogen) atoms. The fourth-order valence-electron chi connectivity index (χ4n) is 2.64. The molecule has 6 nitrogen and oxygen atoms in total. The van der Waals surface area contributed by atoms with Gasteiger partial charge in [-0.25, -0.2) is 8.42 Å². The quantitative estimate of drug-likeness (QED) is 0.802. The predicted molar refractivity (Wildman–Crippen MR) is 98.1 cm³/mol. The Morgan fingerprint density at radius 2 is 1.86 bits per heavy atom. The van der Waals surface area contributed by atoms with Crippen molar-refractivity contribution in [3.05, 3.63) is 53.1 Å². The summed E-state index contributed by atoms with van der Waals surface area (Å²) in [6.07, 6.45) is -4.71. The standard InChI is InChI=1S/C17H14ClF3N2O4S/c1-28(25,26)23-9-15(27-14-7-4-11(18)8-13(14)23)16(24)22-12-5-2-10(3-6-12)17(19,20)21/h2-8,15H,9H2,1H3,(H,22,24)/t15-/m0/s1. The first-order valence-electron chi connectivity index (χ1n) is 7.87. The zero-order chi connectivity index (χ0) is 20.7. The monoisotopic (exact) mass is 434 g/mol. The van der Waals surface area contributed by atoms with Crippen LogP contribution in [0.15, 0.2) is 42.5 Å². The maximum atomic E-state index is 12.6. The van der Waals surface area contributed by atoms with E-state index in [-0.39, 0.29) is 23.7 Å². The molecule has 0 saturated heterocycles. The van der Waals surface area contributed by atoms with Gasteiger partial charge in [-0.15, -0.1) is 0 Å². The maximum absolute atomic E-state index is 12.6. The van der Waals surface area contributed by atoms with Crippen molar-refractivity contribution in [1.29, 1.82) is 0 Å². The molecule has 1 aliphatic heterocycles. The van der Waals surface area contributed by atoms with Gasteiger partial charge in [0.1, 0.15) is 5.75 Å². The lowest BCUT2D eigenvalue weighted by Crippen LogP contribution is -2.48. The van der Waals surface area contributed by atoms with E-state index in [1.54, 1.807) is 0 Å². The Balaban J connectivity index is 1.82. The lowest BCUT2D eigenvalue weighted by atomic mass is 10.2. The smallest absolute Gasteiger partial charge is 0.416 e. The van der Waals surface area contributed by atoms with Crippen LogP contribution in [0.2, 0.25) is 5.02 Å². The van der Waals surface area contributed by atoms with E-state index in [9.17, 15) is 26.4 Å². The van der Waals surface area contributed by atoms with Crippen LogP contribution >= 0.6 is 11.6 Å². The summed E-state index contributed by atoms with van der Waals surface area (Å²) in [7, 11) is -3.73. The summed E-state index contributed by atoms with van der Waals surface area (Å²) < 4.78 is 68.6. The van der Waals surface area contributed by atoms with Crippen LogP contribution in [0.3, 0.4) is 0 Å². The first-order valence-corrected chi connectivity index (χ1v) is 10.1. The molecule has 150 valence electrons. The van der Waals surface area contributed by atoms with Crippen molar-refractivity contribution in [2.75, 3.05) is 22.4 Å². The Kier molecular flexibility index (Phi) is 5.20. The van der Waals surface area contributed by atoms with E-state index in [1.165, 1.54) is 18.2 Å². The minimum atomic E-state index is -4.49. The SMILES string of the molecule is CS(=O)(=O)N1C[C@@H](C(=O)Nc2ccc(C(F)(F)F)cc2)Oc2ccc(Cl)cc21. The Morgan fingerprint density at radius 1 is 1.21 bits per heavy atom. The van der Waals surface area contributed by atoms with Gasteiger partial charge in [-0.2, -0.15) is 13.2 Å². The second-order valence-electron chi connectivity index (χ2n) is 6.08. The van der Waals surface area contributed by atoms with Crippen molar-refractivity contribution in [2.24, 2.45) is 0 Å². The van der Waals surface area contributed by atoms with Gasteiger partial charge in [-0.1, -0.05) is 11.6 Å². The van der Waals surface area contributed by atoms with E-state index in [0.717, 1.165) is 34.8 Å². The Morgan fingerprint density at radius 3 is 2.43 bits per heavy atom. The third-order valence-corrected chi connectivity index (χ3v) is 5.34. The average Bonchev–Trinajstić information content (AvgIpc) is 2.59. The molecule has 0 fully saturated rings. The van der Waals surface area contributed by atoms with Crippen molar-refractivity contribution in [3.8, 4) is 5.75 Å². The normalized spacial score (nSPS) is 16.9. The molecule has 1 aliphatic rings. The van der Waals surface area contributed by atoms with Crippen molar-refractivity contribution in [1.82, 2.24) is 0 Å². The molecule has 0 bridgehead atoms. The van der Waals surface area contributed by atoms with E-state index in [4.69, 9.17) is 16.3 Å². The van der Waals surface area contributed by atoms with E-state index < -0.39 is 33.8 Å². The number of nitrogens with zero attached hydrogens (tertiary/aromatic N) is 1. The molecule has 0 spiro atoms. The van der Waals surface area contributed by atoms with Crippen LogP contribution in [0.25, 0.3) is 0 Å². The number of anilines is 2. The van der Waals surface area contributed by atoms with Gasteiger partial charge in [0.2, 0.25) is 10.0 Å². The van der Waals surface area contributed by atoms with Gasteiger partial charge in [0, 0.05) is 10.7 Å². The topological polar surface area (TPSA) is 75.7 Å². The Bertz CT molecular complexity index is 1010. The molecule has 0 aliphatic carbocycles. The minimum Gasteiger partial charge on any atom is -0.476 e. The van der Waals surface area contributed by atoms with Gasteiger partial charge in [-0.3, -0.25) is 9.10 Å². The largest absolute Gasteiger partial charge is 0.476 e. The number of nitrogens with one attached hydrogen (secondary N) is 1. The molecule has 2 aromatic carbocycles. The minimum absolute atomic E-state index is 0.120. The molecule has 0 aromatic heterocycles. The van der Waals surface area contributed by atoms with Crippen LogP contribution in [0.4, 0.5) is 24.5 Å². The number of amides is 1. The molecule has 2 aromatic rings. The van der Waals surface area contributed by atoms with Gasteiger partial charge in [0.05, 0.1) is 24.1 Å². The van der Waals surface area contributed by atoms with Crippen LogP contribution in [0.1, 0.15) is 5.56 Å². The third kappa shape index (κ3) is 4.33. The molecule has 1 N–H and O–H groups in total. The summed E-state index contributed by atoms with van der Waals surface area (Å²) in [4.78, 5) is 12.5. The van der Waals surface area contributed by atoms with Crippen molar-refractivity contribution < 1.29 is 31.1 Å². The maximum Gasteiger partial charge on any atom is 0.416 e. The van der Waals surface area contributed by atoms with E-state index >= 15 is 0 Å². The summed E-state index contributed by atoms with van der Waals surface area (Å²) >= 11 is 5.91. The van der Waals surface area contributed by atoms with Crippen LogP contribution < -0.4 is 14.4 Å². The fraction of sp³-hybridized carbons (Fsp3) is 0.235. The molecule has 1 heterocycles. The molecule has 0 radical (unpaired) electrons. The molecule has 0 unspecified atom stereocenters. The van der Waals surface area contributed by atoms with Gasteiger partial charge in [0.25, 0.3) is 5.91 Å². The second kappa shape index (κ2) is 7.17. The zero-order valence-electron chi connectivity index (χ0n) is 14.3. The highest BCUT2D eigenvalue weighted by Gasteiger charge is 2.35. The van der Waals surface area contributed by atoms with Crippen molar-refractivity contribution >= 4 is 38.9 Å². The van der Waals surface area contributed by atoms with Crippen LogP contribution in [0.5, 0.6) is 5.75 Å². The van der Waals surface area contributed by atoms with E-state index in [1.807, 2.05) is 0 Å². The van der Waals surface area contributed by atoms with Gasteiger partial charge >= 0.3 is 6.18 Å². The number of hydrogen-bond donors (Lipinski definition) is 1. The number of benzene rings is 2. The summed E-state index contributed by atoms with van der Waals surface area (Å²) in [5.41, 5.74) is -0.531. The van der Waals surface area contributed by atoms with Crippen LogP contribution in [-0.2, 0) is 21.0 Å². The van der Waals surface area contributed by atoms with Crippen LogP contribution in [-0.4, -0.2) is 33.2 Å². The summed E-state index contributed by atoms with van der Waals surface area (Å²) in [6, 6.07) is 8.19. The average molecular weight is 435 g/mol. The van der Waals surface area contributed by atoms with Crippen molar-refractivity contribution in [3.63, 3.8) is 0 Å². The highest BCUT2D eigenvalue weighted by atomic mass is 35.5. The Labute approximate surface area is 163 Å². The van der Waals surface area contributed by atoms with Gasteiger partial charge in [0.15, 0.2) is 6.10 Å². The number of halogens is 4. The number of rotatable bonds is 3. The molecule has 1 atom stereocenters. The van der Waals surface area contributed by atoms with Gasteiger partial charge in [-0.05, 0) is 42.5 Å². The third-order valence-electron chi connectivity index (χ3n) is 3.96. The first kappa shape index (κ1) is 20.3. The number of alkyl halides is 3. The predicted octanol–water partition coefficient (Wildman–Crippen LogP) is 3.52. The van der Waals surface area contributed by atoms with Crippen molar-refractivity contribution in [2.45, 2.75) is 12.3 Å². The van der Waals surface area contributed by atoms with E-state index in [2.05, 4.69) is 5.32 Å². The second-order valence-corrected chi connectivity index (χ2v) is 8.42. The summed E-state index contributed by atoms with van der Waals surface area (Å²) in [6.45, 7) is -0.307. The lowest BCUT2D eigenvalue weighted by Gasteiger charge is -2.34. The number of carbonyl (C=O) groups is 1. The number of hydrogen-bond acceptors (Lipinski definition) is 4. The highest BCUT2D eigenvalue weighted by molar-refractivity contribution is 7.92. The molecule has 3 rings (SSSR count). The van der Waals surface area contributed by atoms with Gasteiger partial charge < -0.3 is 10.1 Å². The highest BCUT2D eigenvalue weighted by Crippen LogP contribution is 2.37. The van der Waals surface area contributed by atoms with E-state index in [0.29, 0.717) is 5.02 Å². The summed E-state index contributed by atoms with van der Waals surface area (Å²) in [5.74, 6) is -0.553. The number of carbonyl (C=O) groups excluding carboxylic acids is 1.